The Morgan fingerprint density at radius 2 is 1.61 bits per heavy atom. The first-order valence-corrected chi connectivity index (χ1v) is 15.0. The molecule has 2 fully saturated rings. The quantitative estimate of drug-likeness (QED) is 0.421. The molecule has 10 nitrogen and oxygen atoms in total. The number of para-hydroxylation sites is 1. The average Bonchev–Trinajstić information content (AvgIpc) is 3.26. The van der Waals surface area contributed by atoms with Crippen LogP contribution in [0, 0.1) is 13.8 Å². The van der Waals surface area contributed by atoms with E-state index in [1.54, 1.807) is 0 Å². The summed E-state index contributed by atoms with van der Waals surface area (Å²) in [5.74, 6) is 0.635. The standard InChI is InChI=1S/C27H35N7O3S/c1-20-16-21(2)34(30-20)26(19-35)32-14-12-31(13-15-32)25-7-5-4-6-24(25)22-17-28-27(29-18-22)33-10-8-23(9-11-33)38(3,36)37/h4-7,16-19,23,26H,8-15H2,1-3H3. The lowest BCUT2D eigenvalue weighted by molar-refractivity contribution is -0.116. The highest BCUT2D eigenvalue weighted by atomic mass is 32.2. The van der Waals surface area contributed by atoms with Gasteiger partial charge in [0.25, 0.3) is 0 Å². The summed E-state index contributed by atoms with van der Waals surface area (Å²) in [5, 5.41) is 4.25. The Balaban J connectivity index is 1.27. The fourth-order valence-corrected chi connectivity index (χ4v) is 6.61. The maximum atomic E-state index is 12.0. The molecule has 0 radical (unpaired) electrons. The number of carbonyl (C=O) groups is 1. The van der Waals surface area contributed by atoms with Gasteiger partial charge in [-0.1, -0.05) is 18.2 Å². The molecular formula is C27H35N7O3S. The van der Waals surface area contributed by atoms with Crippen LogP contribution in [-0.2, 0) is 14.6 Å². The molecule has 2 saturated heterocycles. The van der Waals surface area contributed by atoms with Gasteiger partial charge in [0.15, 0.2) is 12.5 Å². The van der Waals surface area contributed by atoms with Gasteiger partial charge in [0.2, 0.25) is 5.95 Å². The lowest BCUT2D eigenvalue weighted by atomic mass is 10.1. The predicted octanol–water partition coefficient (Wildman–Crippen LogP) is 2.49. The predicted molar refractivity (Wildman–Crippen MR) is 148 cm³/mol. The van der Waals surface area contributed by atoms with Crippen LogP contribution in [0.15, 0.2) is 42.7 Å². The fourth-order valence-electron chi connectivity index (χ4n) is 5.54. The van der Waals surface area contributed by atoms with Crippen molar-refractivity contribution in [2.75, 3.05) is 55.3 Å². The number of piperazine rings is 1. The molecule has 0 spiro atoms. The van der Waals surface area contributed by atoms with Gasteiger partial charge >= 0.3 is 0 Å². The molecule has 2 aliphatic heterocycles. The van der Waals surface area contributed by atoms with Crippen molar-refractivity contribution in [2.45, 2.75) is 38.1 Å². The zero-order valence-corrected chi connectivity index (χ0v) is 23.0. The van der Waals surface area contributed by atoms with Crippen LogP contribution in [0.2, 0.25) is 0 Å². The van der Waals surface area contributed by atoms with E-state index in [0.717, 1.165) is 60.7 Å². The third-order valence-electron chi connectivity index (χ3n) is 7.63. The van der Waals surface area contributed by atoms with Gasteiger partial charge in [-0.25, -0.2) is 23.1 Å². The summed E-state index contributed by atoms with van der Waals surface area (Å²) in [6.45, 7) is 8.26. The first kappa shape index (κ1) is 26.3. The number of aryl methyl sites for hydroxylation is 2. The van der Waals surface area contributed by atoms with Crippen molar-refractivity contribution in [3.05, 3.63) is 54.1 Å². The smallest absolute Gasteiger partial charge is 0.225 e. The van der Waals surface area contributed by atoms with E-state index >= 15 is 0 Å². The van der Waals surface area contributed by atoms with E-state index in [0.29, 0.717) is 31.9 Å². The van der Waals surface area contributed by atoms with E-state index in [-0.39, 0.29) is 5.25 Å². The molecule has 0 bridgehead atoms. The number of anilines is 2. The number of aldehydes is 1. The first-order valence-electron chi connectivity index (χ1n) is 13.1. The Kier molecular flexibility index (Phi) is 7.49. The Labute approximate surface area is 224 Å². The summed E-state index contributed by atoms with van der Waals surface area (Å²) >= 11 is 0. The van der Waals surface area contributed by atoms with Crippen molar-refractivity contribution in [1.29, 1.82) is 0 Å². The van der Waals surface area contributed by atoms with Crippen LogP contribution < -0.4 is 9.80 Å². The van der Waals surface area contributed by atoms with E-state index in [9.17, 15) is 13.2 Å². The number of hydrogen-bond acceptors (Lipinski definition) is 9. The van der Waals surface area contributed by atoms with Gasteiger partial charge in [-0.3, -0.25) is 9.69 Å². The monoisotopic (exact) mass is 537 g/mol. The summed E-state index contributed by atoms with van der Waals surface area (Å²) in [5.41, 5.74) is 5.01. The number of rotatable bonds is 7. The van der Waals surface area contributed by atoms with Gasteiger partial charge in [0.1, 0.15) is 9.84 Å². The van der Waals surface area contributed by atoms with E-state index in [1.165, 1.54) is 6.26 Å². The molecule has 202 valence electrons. The molecule has 38 heavy (non-hydrogen) atoms. The minimum atomic E-state index is -3.01. The minimum Gasteiger partial charge on any atom is -0.368 e. The normalized spacial score (nSPS) is 18.5. The lowest BCUT2D eigenvalue weighted by Gasteiger charge is -2.39. The summed E-state index contributed by atoms with van der Waals surface area (Å²) in [6.07, 6.45) is 6.80. The molecule has 0 aliphatic carbocycles. The molecule has 0 N–H and O–H groups in total. The topological polar surface area (TPSA) is 105 Å². The largest absolute Gasteiger partial charge is 0.368 e. The zero-order valence-electron chi connectivity index (χ0n) is 22.2. The summed E-state index contributed by atoms with van der Waals surface area (Å²) in [6, 6.07) is 10.3. The number of piperidine rings is 1. The molecule has 0 amide bonds. The van der Waals surface area contributed by atoms with Crippen LogP contribution in [0.3, 0.4) is 0 Å². The van der Waals surface area contributed by atoms with Gasteiger partial charge in [-0.2, -0.15) is 5.10 Å². The second-order valence-corrected chi connectivity index (χ2v) is 12.6. The van der Waals surface area contributed by atoms with Gasteiger partial charge in [0.05, 0.1) is 10.9 Å². The second-order valence-electron chi connectivity index (χ2n) is 10.2. The van der Waals surface area contributed by atoms with Crippen LogP contribution >= 0.6 is 0 Å². The van der Waals surface area contributed by atoms with Gasteiger partial charge in [-0.05, 0) is 38.8 Å². The second kappa shape index (κ2) is 10.8. The van der Waals surface area contributed by atoms with Crippen LogP contribution in [-0.4, -0.2) is 90.1 Å². The number of hydrogen-bond donors (Lipinski definition) is 0. The highest BCUT2D eigenvalue weighted by molar-refractivity contribution is 7.91. The number of carbonyl (C=O) groups excluding carboxylic acids is 1. The van der Waals surface area contributed by atoms with Crippen molar-refractivity contribution in [3.63, 3.8) is 0 Å². The average molecular weight is 538 g/mol. The summed E-state index contributed by atoms with van der Waals surface area (Å²) in [4.78, 5) is 27.8. The van der Waals surface area contributed by atoms with Gasteiger partial charge in [0, 0.05) is 80.4 Å². The maximum absolute atomic E-state index is 12.0. The van der Waals surface area contributed by atoms with Crippen LogP contribution in [0.5, 0.6) is 0 Å². The number of aromatic nitrogens is 4. The first-order chi connectivity index (χ1) is 18.2. The van der Waals surface area contributed by atoms with Crippen molar-refractivity contribution >= 4 is 27.8 Å². The lowest BCUT2D eigenvalue weighted by Crippen LogP contribution is -2.49. The fraction of sp³-hybridized carbons (Fsp3) is 0.481. The molecule has 5 rings (SSSR count). The molecule has 0 saturated carbocycles. The SMILES string of the molecule is Cc1cc(C)n(C(C=O)N2CCN(c3ccccc3-c3cnc(N4CCC(S(C)(=O)=O)CC4)nc3)CC2)n1. The molecule has 11 heteroatoms. The van der Waals surface area contributed by atoms with Crippen molar-refractivity contribution in [2.24, 2.45) is 0 Å². The van der Waals surface area contributed by atoms with Gasteiger partial charge in [-0.15, -0.1) is 0 Å². The molecular weight excluding hydrogens is 502 g/mol. The van der Waals surface area contributed by atoms with Crippen molar-refractivity contribution in [3.8, 4) is 11.1 Å². The van der Waals surface area contributed by atoms with Crippen molar-refractivity contribution < 1.29 is 13.2 Å². The van der Waals surface area contributed by atoms with E-state index in [4.69, 9.17) is 0 Å². The molecule has 2 aliphatic rings. The number of nitrogens with zero attached hydrogens (tertiary/aromatic N) is 7. The third-order valence-corrected chi connectivity index (χ3v) is 9.31. The molecule has 1 atom stereocenters. The van der Waals surface area contributed by atoms with Crippen LogP contribution in [0.1, 0.15) is 30.4 Å². The highest BCUT2D eigenvalue weighted by Crippen LogP contribution is 2.32. The maximum Gasteiger partial charge on any atom is 0.225 e. The van der Waals surface area contributed by atoms with E-state index in [1.807, 2.05) is 49.1 Å². The molecule has 1 aromatic carbocycles. The zero-order chi connectivity index (χ0) is 26.9. The van der Waals surface area contributed by atoms with Crippen LogP contribution in [0.4, 0.5) is 11.6 Å². The van der Waals surface area contributed by atoms with Crippen molar-refractivity contribution in [1.82, 2.24) is 24.6 Å². The van der Waals surface area contributed by atoms with Crippen LogP contribution in [0.25, 0.3) is 11.1 Å². The minimum absolute atomic E-state index is 0.278. The molecule has 1 unspecified atom stereocenters. The Morgan fingerprint density at radius 3 is 2.18 bits per heavy atom. The van der Waals surface area contributed by atoms with E-state index in [2.05, 4.69) is 41.9 Å². The Bertz CT molecular complexity index is 1370. The molecule has 2 aromatic heterocycles. The summed E-state index contributed by atoms with van der Waals surface area (Å²) < 4.78 is 25.5. The van der Waals surface area contributed by atoms with Gasteiger partial charge < -0.3 is 9.80 Å². The summed E-state index contributed by atoms with van der Waals surface area (Å²) in [7, 11) is -3.01. The Hall–Kier alpha value is -3.31. The number of benzene rings is 1. The van der Waals surface area contributed by atoms with E-state index < -0.39 is 16.0 Å². The molecule has 3 aromatic rings. The third kappa shape index (κ3) is 5.44. The Morgan fingerprint density at radius 1 is 0.947 bits per heavy atom. The molecule has 4 heterocycles. The highest BCUT2D eigenvalue weighted by Gasteiger charge is 2.29. The number of sulfone groups is 1.